The van der Waals surface area contributed by atoms with E-state index in [2.05, 4.69) is 16.2 Å². The molecule has 1 heterocycles. The zero-order valence-corrected chi connectivity index (χ0v) is 15.0. The van der Waals surface area contributed by atoms with Crippen LogP contribution < -0.4 is 26.5 Å². The van der Waals surface area contributed by atoms with Gasteiger partial charge >= 0.3 is 11.7 Å². The van der Waals surface area contributed by atoms with Crippen molar-refractivity contribution in [2.24, 2.45) is 0 Å². The Labute approximate surface area is 150 Å². The first-order valence-electron chi connectivity index (χ1n) is 8.44. The number of ether oxygens (including phenoxy) is 1. The maximum absolute atomic E-state index is 11.7. The van der Waals surface area contributed by atoms with Crippen molar-refractivity contribution in [1.82, 2.24) is 16.2 Å². The summed E-state index contributed by atoms with van der Waals surface area (Å²) in [4.78, 5) is 34.8. The highest BCUT2D eigenvalue weighted by molar-refractivity contribution is 5.83. The van der Waals surface area contributed by atoms with E-state index in [1.54, 1.807) is 32.0 Å². The molecule has 0 aliphatic rings. The number of amides is 3. The van der Waals surface area contributed by atoms with Crippen LogP contribution in [0.15, 0.2) is 33.5 Å². The molecule has 0 radical (unpaired) electrons. The quantitative estimate of drug-likeness (QED) is 0.537. The van der Waals surface area contributed by atoms with E-state index in [9.17, 15) is 14.4 Å². The van der Waals surface area contributed by atoms with Crippen molar-refractivity contribution in [3.63, 3.8) is 0 Å². The number of carbonyl (C=O) groups excluding carboxylic acids is 2. The van der Waals surface area contributed by atoms with Crippen LogP contribution in [-0.2, 0) is 11.2 Å². The lowest BCUT2D eigenvalue weighted by molar-refractivity contribution is -0.123. The Hall–Kier alpha value is -3.03. The van der Waals surface area contributed by atoms with Crippen LogP contribution in [0.3, 0.4) is 0 Å². The molecule has 0 spiro atoms. The highest BCUT2D eigenvalue weighted by atomic mass is 16.5. The van der Waals surface area contributed by atoms with Crippen molar-refractivity contribution in [1.29, 1.82) is 0 Å². The highest BCUT2D eigenvalue weighted by Gasteiger charge is 2.09. The summed E-state index contributed by atoms with van der Waals surface area (Å²) in [5.74, 6) is -0.138. The standard InChI is InChI=1S/C18H23N3O5/c1-4-5-12-8-17(23)26-15-9-13(6-7-14(12)15)25-10-16(22)20-21-18(24)19-11(2)3/h6-9,11H,4-5,10H2,1-3H3,(H,20,22)(H2,19,21,24). The third kappa shape index (κ3) is 5.51. The van der Waals surface area contributed by atoms with E-state index < -0.39 is 17.6 Å². The Kier molecular flexibility index (Phi) is 6.60. The van der Waals surface area contributed by atoms with Gasteiger partial charge in [-0.05, 0) is 38.0 Å². The van der Waals surface area contributed by atoms with Crippen molar-refractivity contribution in [2.75, 3.05) is 6.61 Å². The van der Waals surface area contributed by atoms with Gasteiger partial charge in [0.05, 0.1) is 0 Å². The number of carbonyl (C=O) groups is 2. The predicted octanol–water partition coefficient (Wildman–Crippen LogP) is 1.86. The van der Waals surface area contributed by atoms with Crippen molar-refractivity contribution in [3.05, 3.63) is 40.2 Å². The number of benzene rings is 1. The van der Waals surface area contributed by atoms with Crippen molar-refractivity contribution < 1.29 is 18.7 Å². The van der Waals surface area contributed by atoms with E-state index in [0.29, 0.717) is 11.3 Å². The first-order chi connectivity index (χ1) is 12.4. The molecule has 0 unspecified atom stereocenters. The van der Waals surface area contributed by atoms with Crippen LogP contribution in [0.5, 0.6) is 5.75 Å². The summed E-state index contributed by atoms with van der Waals surface area (Å²) in [7, 11) is 0. The fraction of sp³-hybridized carbons (Fsp3) is 0.389. The number of fused-ring (bicyclic) bond motifs is 1. The maximum Gasteiger partial charge on any atom is 0.336 e. The Morgan fingerprint density at radius 2 is 1.96 bits per heavy atom. The molecule has 26 heavy (non-hydrogen) atoms. The van der Waals surface area contributed by atoms with Gasteiger partial charge in [-0.25, -0.2) is 15.0 Å². The van der Waals surface area contributed by atoms with Gasteiger partial charge in [0.2, 0.25) is 0 Å². The summed E-state index contributed by atoms with van der Waals surface area (Å²) < 4.78 is 10.6. The minimum absolute atomic E-state index is 0.0481. The zero-order chi connectivity index (χ0) is 19.1. The smallest absolute Gasteiger partial charge is 0.336 e. The second kappa shape index (κ2) is 8.89. The third-order valence-corrected chi connectivity index (χ3v) is 3.43. The Balaban J connectivity index is 1.97. The zero-order valence-electron chi connectivity index (χ0n) is 15.0. The second-order valence-corrected chi connectivity index (χ2v) is 6.09. The molecule has 3 amide bonds. The van der Waals surface area contributed by atoms with E-state index in [1.807, 2.05) is 6.92 Å². The van der Waals surface area contributed by atoms with Gasteiger partial charge in [-0.2, -0.15) is 0 Å². The number of hydrogen-bond acceptors (Lipinski definition) is 5. The fourth-order valence-corrected chi connectivity index (χ4v) is 2.39. The van der Waals surface area contributed by atoms with E-state index in [-0.39, 0.29) is 12.6 Å². The predicted molar refractivity (Wildman–Crippen MR) is 96.9 cm³/mol. The highest BCUT2D eigenvalue weighted by Crippen LogP contribution is 2.23. The molecule has 0 atom stereocenters. The van der Waals surface area contributed by atoms with E-state index in [4.69, 9.17) is 9.15 Å². The van der Waals surface area contributed by atoms with Gasteiger partial charge in [0, 0.05) is 23.6 Å². The van der Waals surface area contributed by atoms with Gasteiger partial charge in [-0.3, -0.25) is 10.2 Å². The first kappa shape index (κ1) is 19.3. The van der Waals surface area contributed by atoms with Crippen LogP contribution in [0.4, 0.5) is 4.79 Å². The van der Waals surface area contributed by atoms with E-state index in [0.717, 1.165) is 23.8 Å². The third-order valence-electron chi connectivity index (χ3n) is 3.43. The fourth-order valence-electron chi connectivity index (χ4n) is 2.39. The topological polar surface area (TPSA) is 110 Å². The maximum atomic E-state index is 11.7. The summed E-state index contributed by atoms with van der Waals surface area (Å²) in [6.07, 6.45) is 1.68. The van der Waals surface area contributed by atoms with Gasteiger partial charge in [0.1, 0.15) is 11.3 Å². The molecule has 0 saturated heterocycles. The molecule has 0 aliphatic carbocycles. The normalized spacial score (nSPS) is 10.6. The monoisotopic (exact) mass is 361 g/mol. The molecule has 1 aromatic carbocycles. The lowest BCUT2D eigenvalue weighted by Gasteiger charge is -2.12. The molecule has 0 saturated carbocycles. The van der Waals surface area contributed by atoms with Crippen LogP contribution in [0.2, 0.25) is 0 Å². The van der Waals surface area contributed by atoms with Crippen LogP contribution in [0.1, 0.15) is 32.8 Å². The molecule has 2 aromatic rings. The van der Waals surface area contributed by atoms with E-state index in [1.165, 1.54) is 6.07 Å². The van der Waals surface area contributed by atoms with Gasteiger partial charge in [0.25, 0.3) is 5.91 Å². The molecule has 0 aliphatic heterocycles. The number of nitrogens with one attached hydrogen (secondary N) is 3. The molecule has 140 valence electrons. The summed E-state index contributed by atoms with van der Waals surface area (Å²) in [6.45, 7) is 5.33. The van der Waals surface area contributed by atoms with Gasteiger partial charge in [-0.15, -0.1) is 0 Å². The molecular formula is C18H23N3O5. The SMILES string of the molecule is CCCc1cc(=O)oc2cc(OCC(=O)NNC(=O)NC(C)C)ccc12. The van der Waals surface area contributed by atoms with Crippen LogP contribution in [-0.4, -0.2) is 24.6 Å². The van der Waals surface area contributed by atoms with Gasteiger partial charge < -0.3 is 14.5 Å². The van der Waals surface area contributed by atoms with Crippen molar-refractivity contribution in [3.8, 4) is 5.75 Å². The number of hydrogen-bond donors (Lipinski definition) is 3. The Morgan fingerprint density at radius 1 is 1.19 bits per heavy atom. The number of urea groups is 1. The van der Waals surface area contributed by atoms with Crippen LogP contribution in [0.25, 0.3) is 11.0 Å². The summed E-state index contributed by atoms with van der Waals surface area (Å²) in [5, 5.41) is 3.41. The lowest BCUT2D eigenvalue weighted by atomic mass is 10.1. The van der Waals surface area contributed by atoms with Gasteiger partial charge in [0.15, 0.2) is 6.61 Å². The van der Waals surface area contributed by atoms with Crippen molar-refractivity contribution in [2.45, 2.75) is 39.7 Å². The number of aryl methyl sites for hydroxylation is 1. The van der Waals surface area contributed by atoms with Crippen LogP contribution >= 0.6 is 0 Å². The summed E-state index contributed by atoms with van der Waals surface area (Å²) in [6, 6.07) is 6.01. The Bertz CT molecular complexity index is 844. The molecular weight excluding hydrogens is 338 g/mol. The number of rotatable bonds is 6. The second-order valence-electron chi connectivity index (χ2n) is 6.09. The molecule has 1 aromatic heterocycles. The average Bonchev–Trinajstić information content (AvgIpc) is 2.57. The Morgan fingerprint density at radius 3 is 2.65 bits per heavy atom. The number of hydrazine groups is 1. The van der Waals surface area contributed by atoms with Crippen LogP contribution in [0, 0.1) is 0 Å². The molecule has 2 rings (SSSR count). The average molecular weight is 361 g/mol. The first-order valence-corrected chi connectivity index (χ1v) is 8.44. The molecule has 8 heteroatoms. The molecule has 8 nitrogen and oxygen atoms in total. The summed E-state index contributed by atoms with van der Waals surface area (Å²) >= 11 is 0. The lowest BCUT2D eigenvalue weighted by Crippen LogP contribution is -2.49. The minimum Gasteiger partial charge on any atom is -0.484 e. The van der Waals surface area contributed by atoms with Crippen molar-refractivity contribution >= 4 is 22.9 Å². The molecule has 0 bridgehead atoms. The molecule has 0 fully saturated rings. The largest absolute Gasteiger partial charge is 0.484 e. The molecule has 3 N–H and O–H groups in total. The summed E-state index contributed by atoms with van der Waals surface area (Å²) in [5.41, 5.74) is 5.36. The van der Waals surface area contributed by atoms with Gasteiger partial charge in [-0.1, -0.05) is 13.3 Å². The van der Waals surface area contributed by atoms with E-state index >= 15 is 0 Å². The minimum atomic E-state index is -0.523.